The molecule has 1 amide bonds. The van der Waals surface area contributed by atoms with Gasteiger partial charge in [0.1, 0.15) is 11.8 Å². The van der Waals surface area contributed by atoms with Crippen molar-refractivity contribution in [2.45, 2.75) is 0 Å². The van der Waals surface area contributed by atoms with Crippen molar-refractivity contribution in [2.75, 3.05) is 0 Å². The molecule has 0 aliphatic heterocycles. The minimum atomic E-state index is -0.556. The maximum absolute atomic E-state index is 11.0. The number of nitriles is 1. The monoisotopic (exact) mass is 189 g/mol. The molecule has 0 saturated carbocycles. The zero-order valence-corrected chi connectivity index (χ0v) is 7.21. The molecule has 0 aliphatic rings. The molecule has 62 valence electrons. The van der Waals surface area contributed by atoms with Crippen LogP contribution in [0, 0.1) is 11.3 Å². The first-order valence-electron chi connectivity index (χ1n) is 3.26. The highest BCUT2D eigenvalue weighted by atomic mass is 32.1. The number of carbonyl (C=O) groups excluding carboxylic acids is 1. The minimum absolute atomic E-state index is 0.149. The van der Waals surface area contributed by atoms with Gasteiger partial charge in [0.25, 0.3) is 0 Å². The van der Waals surface area contributed by atoms with Crippen LogP contribution in [-0.2, 0) is 0 Å². The van der Waals surface area contributed by atoms with E-state index in [1.807, 2.05) is 11.2 Å². The van der Waals surface area contributed by atoms with E-state index < -0.39 is 5.91 Å². The van der Waals surface area contributed by atoms with Gasteiger partial charge in [-0.3, -0.25) is 4.79 Å². The van der Waals surface area contributed by atoms with Crippen LogP contribution in [0.2, 0.25) is 0 Å². The van der Waals surface area contributed by atoms with E-state index in [-0.39, 0.29) is 5.69 Å². The van der Waals surface area contributed by atoms with Crippen LogP contribution in [0.25, 0.3) is 0 Å². The van der Waals surface area contributed by atoms with Crippen LogP contribution in [0.5, 0.6) is 0 Å². The summed E-state index contributed by atoms with van der Waals surface area (Å²) in [6.07, 6.45) is 1.30. The van der Waals surface area contributed by atoms with Crippen molar-refractivity contribution in [3.8, 4) is 6.07 Å². The molecular formula is C8H3N3OS. The Morgan fingerprint density at radius 2 is 2.38 bits per heavy atom. The van der Waals surface area contributed by atoms with Gasteiger partial charge in [-0.05, 0) is 24.4 Å². The second-order valence-corrected chi connectivity index (χ2v) is 2.23. The highest BCUT2D eigenvalue weighted by molar-refractivity contribution is 7.78. The molecule has 0 saturated heterocycles. The van der Waals surface area contributed by atoms with E-state index in [1.165, 1.54) is 18.3 Å². The van der Waals surface area contributed by atoms with E-state index in [0.717, 1.165) is 0 Å². The van der Waals surface area contributed by atoms with E-state index in [1.54, 1.807) is 0 Å². The molecule has 1 heterocycles. The summed E-state index contributed by atoms with van der Waals surface area (Å²) in [6.45, 7) is 0. The fourth-order valence-electron chi connectivity index (χ4n) is 0.685. The molecule has 0 fully saturated rings. The van der Waals surface area contributed by atoms with Gasteiger partial charge in [-0.25, -0.2) is 4.98 Å². The maximum Gasteiger partial charge on any atom is 0.304 e. The van der Waals surface area contributed by atoms with Gasteiger partial charge in [0, 0.05) is 6.20 Å². The Hall–Kier alpha value is -1.89. The van der Waals surface area contributed by atoms with Gasteiger partial charge in [-0.15, -0.1) is 0 Å². The summed E-state index contributed by atoms with van der Waals surface area (Å²) in [5, 5.41) is 10.4. The van der Waals surface area contributed by atoms with Crippen LogP contribution in [0.3, 0.4) is 0 Å². The number of amides is 1. The van der Waals surface area contributed by atoms with Gasteiger partial charge in [0.15, 0.2) is 0 Å². The van der Waals surface area contributed by atoms with Crippen molar-refractivity contribution in [2.24, 2.45) is 4.99 Å². The molecule has 0 atom stereocenters. The van der Waals surface area contributed by atoms with E-state index in [2.05, 4.69) is 22.2 Å². The summed E-state index contributed by atoms with van der Waals surface area (Å²) in [5.41, 5.74) is 0.541. The molecule has 0 bridgehead atoms. The molecule has 13 heavy (non-hydrogen) atoms. The number of nitrogens with zero attached hydrogens (tertiary/aromatic N) is 3. The van der Waals surface area contributed by atoms with E-state index in [0.29, 0.717) is 5.56 Å². The van der Waals surface area contributed by atoms with Crippen LogP contribution in [0.4, 0.5) is 0 Å². The molecule has 1 rings (SSSR count). The molecule has 0 aliphatic carbocycles. The third kappa shape index (κ3) is 2.27. The van der Waals surface area contributed by atoms with E-state index in [4.69, 9.17) is 5.26 Å². The number of pyridine rings is 1. The Kier molecular flexibility index (Phi) is 2.98. The topological polar surface area (TPSA) is 66.1 Å². The molecule has 5 heteroatoms. The fourth-order valence-corrected chi connectivity index (χ4v) is 0.768. The number of carbonyl (C=O) groups is 1. The van der Waals surface area contributed by atoms with Gasteiger partial charge in [0.05, 0.1) is 10.7 Å². The SMILES string of the molecule is N#Cc1ccc(C(=O)N=C=S)nc1. The first-order valence-corrected chi connectivity index (χ1v) is 3.67. The number of thiocarbonyl (C=S) groups is 1. The summed E-state index contributed by atoms with van der Waals surface area (Å²) in [4.78, 5) is 17.9. The zero-order valence-electron chi connectivity index (χ0n) is 6.39. The van der Waals surface area contributed by atoms with Gasteiger partial charge in [-0.1, -0.05) is 0 Å². The zero-order chi connectivity index (χ0) is 9.68. The molecule has 0 spiro atoms. The lowest BCUT2D eigenvalue weighted by molar-refractivity contribution is 0.0999. The Balaban J connectivity index is 3.00. The smallest absolute Gasteiger partial charge is 0.264 e. The lowest BCUT2D eigenvalue weighted by atomic mass is 10.2. The highest BCUT2D eigenvalue weighted by Crippen LogP contribution is 1.99. The molecule has 0 unspecified atom stereocenters. The molecule has 1 aromatic rings. The summed E-state index contributed by atoms with van der Waals surface area (Å²) >= 11 is 4.26. The van der Waals surface area contributed by atoms with Crippen molar-refractivity contribution in [1.82, 2.24) is 4.98 Å². The second-order valence-electron chi connectivity index (χ2n) is 2.05. The lowest BCUT2D eigenvalue weighted by Crippen LogP contribution is -1.97. The van der Waals surface area contributed by atoms with Crippen LogP contribution in [0.1, 0.15) is 16.1 Å². The largest absolute Gasteiger partial charge is 0.304 e. The average Bonchev–Trinajstić information content (AvgIpc) is 2.18. The predicted molar refractivity (Wildman–Crippen MR) is 48.3 cm³/mol. The van der Waals surface area contributed by atoms with Gasteiger partial charge in [-0.2, -0.15) is 10.3 Å². The Bertz CT molecular complexity index is 412. The quantitative estimate of drug-likeness (QED) is 0.491. The Labute approximate surface area is 79.6 Å². The third-order valence-electron chi connectivity index (χ3n) is 1.26. The average molecular weight is 189 g/mol. The van der Waals surface area contributed by atoms with Gasteiger partial charge < -0.3 is 0 Å². The minimum Gasteiger partial charge on any atom is -0.264 e. The standard InChI is InChI=1S/C8H3N3OS/c9-3-6-1-2-7(10-4-6)8(12)11-5-13/h1-2,4H. The van der Waals surface area contributed by atoms with Crippen molar-refractivity contribution < 1.29 is 4.79 Å². The molecule has 0 aromatic carbocycles. The van der Waals surface area contributed by atoms with Crippen LogP contribution in [-0.4, -0.2) is 16.1 Å². The summed E-state index contributed by atoms with van der Waals surface area (Å²) in [7, 11) is 0. The highest BCUT2D eigenvalue weighted by Gasteiger charge is 2.03. The van der Waals surface area contributed by atoms with Gasteiger partial charge in [0.2, 0.25) is 0 Å². The van der Waals surface area contributed by atoms with Crippen LogP contribution in [0.15, 0.2) is 23.3 Å². The van der Waals surface area contributed by atoms with E-state index in [9.17, 15) is 4.79 Å². The van der Waals surface area contributed by atoms with Crippen LogP contribution >= 0.6 is 12.2 Å². The number of isothiocyanates is 1. The van der Waals surface area contributed by atoms with Crippen molar-refractivity contribution >= 4 is 23.3 Å². The second kappa shape index (κ2) is 4.21. The van der Waals surface area contributed by atoms with Crippen molar-refractivity contribution in [1.29, 1.82) is 5.26 Å². The lowest BCUT2D eigenvalue weighted by Gasteiger charge is -1.91. The predicted octanol–water partition coefficient (Wildman–Crippen LogP) is 1.20. The Morgan fingerprint density at radius 3 is 2.85 bits per heavy atom. The normalized spacial score (nSPS) is 8.23. The molecule has 4 nitrogen and oxygen atoms in total. The number of hydrogen-bond donors (Lipinski definition) is 0. The van der Waals surface area contributed by atoms with Crippen molar-refractivity contribution in [3.63, 3.8) is 0 Å². The number of rotatable bonds is 1. The number of hydrogen-bond acceptors (Lipinski definition) is 4. The van der Waals surface area contributed by atoms with Crippen LogP contribution < -0.4 is 0 Å². The molecule has 0 radical (unpaired) electrons. The maximum atomic E-state index is 11.0. The fraction of sp³-hybridized carbons (Fsp3) is 0. The third-order valence-corrected chi connectivity index (χ3v) is 1.35. The van der Waals surface area contributed by atoms with Gasteiger partial charge >= 0.3 is 5.91 Å². The summed E-state index contributed by atoms with van der Waals surface area (Å²) < 4.78 is 0. The summed E-state index contributed by atoms with van der Waals surface area (Å²) in [5.74, 6) is -0.556. The molecular weight excluding hydrogens is 186 g/mol. The number of aliphatic imine (C=N–C) groups is 1. The van der Waals surface area contributed by atoms with Crippen molar-refractivity contribution in [3.05, 3.63) is 29.6 Å². The Morgan fingerprint density at radius 1 is 1.62 bits per heavy atom. The molecule has 0 N–H and O–H groups in total. The first kappa shape index (κ1) is 9.20. The van der Waals surface area contributed by atoms with E-state index >= 15 is 0 Å². The number of aromatic nitrogens is 1. The molecule has 1 aromatic heterocycles. The first-order chi connectivity index (χ1) is 6.27. The summed E-state index contributed by atoms with van der Waals surface area (Å²) in [6, 6.07) is 4.78.